The summed E-state index contributed by atoms with van der Waals surface area (Å²) >= 11 is 1.74. The number of carbonyl (C=O) groups is 2. The lowest BCUT2D eigenvalue weighted by atomic mass is 10.2. The van der Waals surface area contributed by atoms with Gasteiger partial charge in [-0.25, -0.2) is 9.97 Å². The molecular formula is C34H38N8O3S. The van der Waals surface area contributed by atoms with Crippen LogP contribution in [0.15, 0.2) is 73.3 Å². The molecule has 1 aliphatic heterocycles. The van der Waals surface area contributed by atoms with E-state index in [1.54, 1.807) is 22.3 Å². The number of aromatic nitrogens is 6. The number of amides is 1. The van der Waals surface area contributed by atoms with Gasteiger partial charge in [0.2, 0.25) is 5.91 Å². The number of nitrogens with zero attached hydrogens (tertiary/aromatic N) is 8. The Morgan fingerprint density at radius 2 is 1.43 bits per heavy atom. The zero-order valence-corrected chi connectivity index (χ0v) is 26.8. The monoisotopic (exact) mass is 638 g/mol. The first kappa shape index (κ1) is 31.2. The van der Waals surface area contributed by atoms with Crippen molar-refractivity contribution in [3.63, 3.8) is 0 Å². The zero-order chi connectivity index (χ0) is 31.9. The standard InChI is InChI=1S/C23H26N6OS.C11H12N2O2/c1-2-18-14-19-22(24-16-25-23(19)31-18)28-12-10-27(11-13-28)21(30)8-5-9-29-15-17-6-3-4-7-20(17)26-29;14-11(15)6-3-7-13-8-9-4-1-2-5-10(9)12-13/h3-4,6-7,14-16H,2,5,8-13H2,1H3;1-2,4-5,8H,3,6-7H2,(H,14,15). The zero-order valence-electron chi connectivity index (χ0n) is 26.0. The number of rotatable bonds is 10. The van der Waals surface area contributed by atoms with Crippen LogP contribution in [0.1, 0.15) is 37.5 Å². The Bertz CT molecular complexity index is 1870. The van der Waals surface area contributed by atoms with Gasteiger partial charge in [-0.1, -0.05) is 43.3 Å². The third-order valence-electron chi connectivity index (χ3n) is 8.12. The highest BCUT2D eigenvalue weighted by Crippen LogP contribution is 2.31. The summed E-state index contributed by atoms with van der Waals surface area (Å²) in [5.41, 5.74) is 1.95. The number of carboxylic acids is 1. The minimum Gasteiger partial charge on any atom is -0.481 e. The number of hydrogen-bond acceptors (Lipinski definition) is 8. The number of carbonyl (C=O) groups excluding carboxylic acids is 1. The Morgan fingerprint density at radius 1 is 0.826 bits per heavy atom. The number of aryl methyl sites for hydroxylation is 3. The molecule has 7 rings (SSSR count). The Morgan fingerprint density at radius 3 is 2.02 bits per heavy atom. The van der Waals surface area contributed by atoms with E-state index in [0.29, 0.717) is 19.4 Å². The molecule has 0 unspecified atom stereocenters. The van der Waals surface area contributed by atoms with E-state index in [1.807, 2.05) is 58.2 Å². The Labute approximate surface area is 271 Å². The number of thiophene rings is 1. The van der Waals surface area contributed by atoms with Crippen molar-refractivity contribution < 1.29 is 14.7 Å². The lowest BCUT2D eigenvalue weighted by Gasteiger charge is -2.35. The smallest absolute Gasteiger partial charge is 0.303 e. The fourth-order valence-corrected chi connectivity index (χ4v) is 6.62. The van der Waals surface area contributed by atoms with Crippen LogP contribution in [0, 0.1) is 0 Å². The third-order valence-corrected chi connectivity index (χ3v) is 9.30. The highest BCUT2D eigenvalue weighted by molar-refractivity contribution is 7.18. The van der Waals surface area contributed by atoms with Crippen LogP contribution in [0.5, 0.6) is 0 Å². The van der Waals surface area contributed by atoms with Crippen molar-refractivity contribution in [2.24, 2.45) is 0 Å². The molecule has 11 nitrogen and oxygen atoms in total. The van der Waals surface area contributed by atoms with Gasteiger partial charge in [-0.3, -0.25) is 19.0 Å². The quantitative estimate of drug-likeness (QED) is 0.205. The van der Waals surface area contributed by atoms with Gasteiger partial charge >= 0.3 is 5.97 Å². The molecule has 1 saturated heterocycles. The van der Waals surface area contributed by atoms with E-state index >= 15 is 0 Å². The van der Waals surface area contributed by atoms with Crippen LogP contribution in [0.3, 0.4) is 0 Å². The van der Waals surface area contributed by atoms with Crippen molar-refractivity contribution >= 4 is 61.1 Å². The number of anilines is 1. The Balaban J connectivity index is 0.000000208. The molecule has 1 amide bonds. The van der Waals surface area contributed by atoms with Crippen LogP contribution in [-0.4, -0.2) is 77.6 Å². The van der Waals surface area contributed by atoms with Gasteiger partial charge in [0.15, 0.2) is 0 Å². The van der Waals surface area contributed by atoms with Crippen molar-refractivity contribution in [3.05, 3.63) is 78.2 Å². The Kier molecular flexibility index (Phi) is 9.82. The van der Waals surface area contributed by atoms with Crippen LogP contribution in [0.25, 0.3) is 32.0 Å². The summed E-state index contributed by atoms with van der Waals surface area (Å²) in [6.45, 7) is 6.66. The second-order valence-corrected chi connectivity index (χ2v) is 12.5. The number of aliphatic carboxylic acids is 1. The molecule has 2 aromatic carbocycles. The molecule has 0 saturated carbocycles. The molecule has 5 heterocycles. The van der Waals surface area contributed by atoms with Crippen molar-refractivity contribution in [1.29, 1.82) is 0 Å². The van der Waals surface area contributed by atoms with E-state index in [2.05, 4.69) is 50.3 Å². The van der Waals surface area contributed by atoms with E-state index in [1.165, 1.54) is 4.88 Å². The molecular weight excluding hydrogens is 600 g/mol. The van der Waals surface area contributed by atoms with Crippen molar-refractivity contribution in [1.82, 2.24) is 34.4 Å². The van der Waals surface area contributed by atoms with Gasteiger partial charge in [-0.15, -0.1) is 11.3 Å². The molecule has 238 valence electrons. The van der Waals surface area contributed by atoms with Gasteiger partial charge in [0, 0.05) is 80.2 Å². The predicted molar refractivity (Wildman–Crippen MR) is 181 cm³/mol. The molecule has 1 N–H and O–H groups in total. The number of fused-ring (bicyclic) bond motifs is 3. The van der Waals surface area contributed by atoms with E-state index < -0.39 is 5.97 Å². The van der Waals surface area contributed by atoms with Crippen molar-refractivity contribution in [2.75, 3.05) is 31.1 Å². The summed E-state index contributed by atoms with van der Waals surface area (Å²) in [6, 6.07) is 18.2. The number of benzene rings is 2. The summed E-state index contributed by atoms with van der Waals surface area (Å²) in [6.07, 6.45) is 8.82. The summed E-state index contributed by atoms with van der Waals surface area (Å²) in [4.78, 5) is 38.7. The molecule has 0 radical (unpaired) electrons. The SMILES string of the molecule is CCc1cc2c(N3CCN(C(=O)CCCn4cc5ccccc5n4)CC3)ncnc2s1.O=C(O)CCCn1cc2ccccc2n1. The lowest BCUT2D eigenvalue weighted by molar-refractivity contribution is -0.137. The van der Waals surface area contributed by atoms with Gasteiger partial charge in [0.05, 0.1) is 16.4 Å². The second-order valence-electron chi connectivity index (χ2n) is 11.4. The number of hydrogen-bond donors (Lipinski definition) is 1. The second kappa shape index (κ2) is 14.5. The summed E-state index contributed by atoms with van der Waals surface area (Å²) in [5, 5.41) is 20.8. The Hall–Kier alpha value is -4.84. The molecule has 4 aromatic heterocycles. The fourth-order valence-electron chi connectivity index (χ4n) is 5.69. The normalized spacial score (nSPS) is 13.3. The van der Waals surface area contributed by atoms with Crippen LogP contribution in [-0.2, 0) is 29.1 Å². The van der Waals surface area contributed by atoms with Crippen LogP contribution in [0.2, 0.25) is 0 Å². The molecule has 0 aliphatic carbocycles. The average molecular weight is 639 g/mol. The first-order valence-corrected chi connectivity index (χ1v) is 16.6. The van der Waals surface area contributed by atoms with Gasteiger partial charge in [-0.05, 0) is 37.5 Å². The molecule has 1 fully saturated rings. The van der Waals surface area contributed by atoms with Gasteiger partial charge < -0.3 is 14.9 Å². The van der Waals surface area contributed by atoms with Gasteiger partial charge in [0.1, 0.15) is 17.0 Å². The minimum absolute atomic E-state index is 0.191. The third kappa shape index (κ3) is 7.51. The summed E-state index contributed by atoms with van der Waals surface area (Å²) < 4.78 is 3.75. The highest BCUT2D eigenvalue weighted by Gasteiger charge is 2.23. The van der Waals surface area contributed by atoms with Gasteiger partial charge in [0.25, 0.3) is 0 Å². The maximum Gasteiger partial charge on any atom is 0.303 e. The fraction of sp³-hybridized carbons (Fsp3) is 0.353. The van der Waals surface area contributed by atoms with Crippen molar-refractivity contribution in [3.8, 4) is 0 Å². The molecule has 0 atom stereocenters. The summed E-state index contributed by atoms with van der Waals surface area (Å²) in [7, 11) is 0. The number of piperazine rings is 1. The maximum atomic E-state index is 12.7. The predicted octanol–water partition coefficient (Wildman–Crippen LogP) is 5.63. The van der Waals surface area contributed by atoms with Crippen molar-refractivity contribution in [2.45, 2.75) is 52.1 Å². The highest BCUT2D eigenvalue weighted by atomic mass is 32.1. The maximum absolute atomic E-state index is 12.7. The minimum atomic E-state index is -0.758. The molecule has 1 aliphatic rings. The van der Waals surface area contributed by atoms with Crippen LogP contribution >= 0.6 is 11.3 Å². The molecule has 0 bridgehead atoms. The summed E-state index contributed by atoms with van der Waals surface area (Å²) in [5.74, 6) is 0.471. The van der Waals surface area contributed by atoms with E-state index in [9.17, 15) is 9.59 Å². The van der Waals surface area contributed by atoms with Crippen LogP contribution < -0.4 is 4.90 Å². The average Bonchev–Trinajstić information content (AvgIpc) is 3.80. The molecule has 46 heavy (non-hydrogen) atoms. The topological polar surface area (TPSA) is 122 Å². The number of carboxylic acid groups (broad SMARTS) is 1. The van der Waals surface area contributed by atoms with Gasteiger partial charge in [-0.2, -0.15) is 10.2 Å². The first-order chi connectivity index (χ1) is 22.5. The van der Waals surface area contributed by atoms with E-state index in [0.717, 1.165) is 83.4 Å². The molecule has 12 heteroatoms. The van der Waals surface area contributed by atoms with E-state index in [-0.39, 0.29) is 12.3 Å². The molecule has 0 spiro atoms. The van der Waals surface area contributed by atoms with Crippen LogP contribution in [0.4, 0.5) is 5.82 Å². The largest absolute Gasteiger partial charge is 0.481 e. The lowest BCUT2D eigenvalue weighted by Crippen LogP contribution is -2.49. The molecule has 6 aromatic rings. The van der Waals surface area contributed by atoms with E-state index in [4.69, 9.17) is 5.11 Å². The first-order valence-electron chi connectivity index (χ1n) is 15.8.